The number of ether oxygens (including phenoxy) is 1. The lowest BCUT2D eigenvalue weighted by Gasteiger charge is -2.22. The van der Waals surface area contributed by atoms with Crippen LogP contribution in [-0.2, 0) is 4.74 Å². The van der Waals surface area contributed by atoms with Crippen LogP contribution >= 0.6 is 11.6 Å². The summed E-state index contributed by atoms with van der Waals surface area (Å²) in [6.07, 6.45) is 1.99. The maximum absolute atomic E-state index is 12.0. The van der Waals surface area contributed by atoms with E-state index in [4.69, 9.17) is 22.1 Å². The third-order valence-electron chi connectivity index (χ3n) is 3.15. The van der Waals surface area contributed by atoms with Gasteiger partial charge in [0.25, 0.3) is 5.91 Å². The van der Waals surface area contributed by atoms with Gasteiger partial charge >= 0.3 is 0 Å². The fourth-order valence-corrected chi connectivity index (χ4v) is 2.20. The van der Waals surface area contributed by atoms with E-state index in [1.165, 1.54) is 0 Å². The highest BCUT2D eigenvalue weighted by Crippen LogP contribution is 2.18. The molecule has 1 amide bonds. The zero-order valence-corrected chi connectivity index (χ0v) is 10.9. The second-order valence-electron chi connectivity index (χ2n) is 4.50. The quantitative estimate of drug-likeness (QED) is 0.825. The molecular weight excluding hydrogens is 252 g/mol. The Bertz CT molecular complexity index is 431. The van der Waals surface area contributed by atoms with Gasteiger partial charge in [0, 0.05) is 30.5 Å². The van der Waals surface area contributed by atoms with E-state index in [-0.39, 0.29) is 5.91 Å². The molecule has 0 saturated carbocycles. The van der Waals surface area contributed by atoms with Crippen LogP contribution in [0.15, 0.2) is 18.2 Å². The Labute approximate surface area is 111 Å². The van der Waals surface area contributed by atoms with E-state index in [1.807, 2.05) is 0 Å². The van der Waals surface area contributed by atoms with Gasteiger partial charge in [-0.3, -0.25) is 4.79 Å². The van der Waals surface area contributed by atoms with E-state index < -0.39 is 0 Å². The molecular formula is C13H17ClN2O2. The number of hydrogen-bond donors (Lipinski definition) is 2. The molecule has 98 valence electrons. The van der Waals surface area contributed by atoms with Gasteiger partial charge in [0.1, 0.15) is 0 Å². The number of amides is 1. The van der Waals surface area contributed by atoms with E-state index >= 15 is 0 Å². The zero-order chi connectivity index (χ0) is 13.0. The largest absolute Gasteiger partial charge is 0.398 e. The Morgan fingerprint density at radius 2 is 2.17 bits per heavy atom. The summed E-state index contributed by atoms with van der Waals surface area (Å²) in [6, 6.07) is 4.91. The first-order valence-electron chi connectivity index (χ1n) is 6.08. The molecule has 4 nitrogen and oxygen atoms in total. The molecule has 1 aliphatic heterocycles. The summed E-state index contributed by atoms with van der Waals surface area (Å²) >= 11 is 5.79. The molecule has 1 fully saturated rings. The zero-order valence-electron chi connectivity index (χ0n) is 10.1. The van der Waals surface area contributed by atoms with Crippen LogP contribution in [-0.4, -0.2) is 25.7 Å². The second kappa shape index (κ2) is 6.07. The Morgan fingerprint density at radius 1 is 1.44 bits per heavy atom. The van der Waals surface area contributed by atoms with Crippen LogP contribution in [0.25, 0.3) is 0 Å². The Kier molecular flexibility index (Phi) is 4.44. The van der Waals surface area contributed by atoms with Crippen LogP contribution < -0.4 is 11.1 Å². The Balaban J connectivity index is 1.90. The topological polar surface area (TPSA) is 64.4 Å². The number of carbonyl (C=O) groups excluding carboxylic acids is 1. The van der Waals surface area contributed by atoms with Crippen molar-refractivity contribution < 1.29 is 9.53 Å². The van der Waals surface area contributed by atoms with Crippen LogP contribution in [0, 0.1) is 5.92 Å². The number of benzene rings is 1. The van der Waals surface area contributed by atoms with E-state index in [0.717, 1.165) is 26.1 Å². The minimum atomic E-state index is -0.143. The van der Waals surface area contributed by atoms with Crippen molar-refractivity contribution in [3.63, 3.8) is 0 Å². The summed E-state index contributed by atoms with van der Waals surface area (Å²) in [6.45, 7) is 2.23. The van der Waals surface area contributed by atoms with Crippen molar-refractivity contribution in [2.45, 2.75) is 12.8 Å². The fraction of sp³-hybridized carbons (Fsp3) is 0.462. The van der Waals surface area contributed by atoms with Crippen molar-refractivity contribution in [3.05, 3.63) is 28.8 Å². The molecule has 1 aliphatic rings. The highest BCUT2D eigenvalue weighted by Gasteiger charge is 2.16. The van der Waals surface area contributed by atoms with Gasteiger partial charge in [-0.2, -0.15) is 0 Å². The molecule has 0 spiro atoms. The van der Waals surface area contributed by atoms with Gasteiger partial charge in [0.2, 0.25) is 0 Å². The fourth-order valence-electron chi connectivity index (χ4n) is 2.02. The number of hydrogen-bond acceptors (Lipinski definition) is 3. The normalized spacial score (nSPS) is 16.5. The number of halogens is 1. The number of nitrogen functional groups attached to an aromatic ring is 1. The summed E-state index contributed by atoms with van der Waals surface area (Å²) in [5.74, 6) is 0.354. The van der Waals surface area contributed by atoms with Gasteiger partial charge in [0.15, 0.2) is 0 Å². The highest BCUT2D eigenvalue weighted by molar-refractivity contribution is 6.31. The summed E-state index contributed by atoms with van der Waals surface area (Å²) in [5.41, 5.74) is 6.65. The molecule has 0 aliphatic carbocycles. The molecule has 2 rings (SSSR count). The number of nitrogens with one attached hydrogen (secondary N) is 1. The lowest BCUT2D eigenvalue weighted by molar-refractivity contribution is 0.0643. The molecule has 1 saturated heterocycles. The average molecular weight is 269 g/mol. The van der Waals surface area contributed by atoms with Gasteiger partial charge in [-0.15, -0.1) is 0 Å². The molecule has 0 aromatic heterocycles. The third kappa shape index (κ3) is 3.37. The van der Waals surface area contributed by atoms with Crippen molar-refractivity contribution in [1.29, 1.82) is 0 Å². The number of rotatable bonds is 3. The monoisotopic (exact) mass is 268 g/mol. The lowest BCUT2D eigenvalue weighted by atomic mass is 10.0. The standard InChI is InChI=1S/C13H17ClN2O2/c14-10-1-2-11(12(15)7-10)13(17)16-8-9-3-5-18-6-4-9/h1-2,7,9H,3-6,8,15H2,(H,16,17). The SMILES string of the molecule is Nc1cc(Cl)ccc1C(=O)NCC1CCOCC1. The first kappa shape index (κ1) is 13.2. The van der Waals surface area contributed by atoms with Crippen molar-refractivity contribution in [3.8, 4) is 0 Å². The molecule has 3 N–H and O–H groups in total. The molecule has 5 heteroatoms. The number of nitrogens with two attached hydrogens (primary N) is 1. The molecule has 1 aromatic rings. The maximum Gasteiger partial charge on any atom is 0.253 e. The predicted octanol–water partition coefficient (Wildman–Crippen LogP) is 2.08. The van der Waals surface area contributed by atoms with Gasteiger partial charge in [-0.05, 0) is 37.0 Å². The van der Waals surface area contributed by atoms with Crippen molar-refractivity contribution >= 4 is 23.2 Å². The van der Waals surface area contributed by atoms with Gasteiger partial charge in [-0.25, -0.2) is 0 Å². The van der Waals surface area contributed by atoms with Crippen molar-refractivity contribution in [2.24, 2.45) is 5.92 Å². The van der Waals surface area contributed by atoms with Crippen LogP contribution in [0.5, 0.6) is 0 Å². The summed E-state index contributed by atoms with van der Waals surface area (Å²) in [7, 11) is 0. The van der Waals surface area contributed by atoms with Crippen LogP contribution in [0.2, 0.25) is 5.02 Å². The van der Waals surface area contributed by atoms with Crippen LogP contribution in [0.4, 0.5) is 5.69 Å². The Hall–Kier alpha value is -1.26. The minimum Gasteiger partial charge on any atom is -0.398 e. The second-order valence-corrected chi connectivity index (χ2v) is 4.93. The molecule has 1 aromatic carbocycles. The molecule has 0 radical (unpaired) electrons. The number of anilines is 1. The van der Waals surface area contributed by atoms with Crippen molar-refractivity contribution in [2.75, 3.05) is 25.5 Å². The first-order chi connectivity index (χ1) is 8.66. The molecule has 1 heterocycles. The maximum atomic E-state index is 12.0. The molecule has 0 bridgehead atoms. The summed E-state index contributed by atoms with van der Waals surface area (Å²) in [4.78, 5) is 12.0. The predicted molar refractivity (Wildman–Crippen MR) is 71.7 cm³/mol. The molecule has 0 unspecified atom stereocenters. The third-order valence-corrected chi connectivity index (χ3v) is 3.39. The number of carbonyl (C=O) groups is 1. The first-order valence-corrected chi connectivity index (χ1v) is 6.45. The van der Waals surface area contributed by atoms with E-state index in [2.05, 4.69) is 5.32 Å². The highest BCUT2D eigenvalue weighted by atomic mass is 35.5. The van der Waals surface area contributed by atoms with E-state index in [0.29, 0.717) is 28.7 Å². The van der Waals surface area contributed by atoms with Gasteiger partial charge in [-0.1, -0.05) is 11.6 Å². The average Bonchev–Trinajstić information content (AvgIpc) is 2.37. The smallest absolute Gasteiger partial charge is 0.253 e. The lowest BCUT2D eigenvalue weighted by Crippen LogP contribution is -2.32. The Morgan fingerprint density at radius 3 is 2.83 bits per heavy atom. The van der Waals surface area contributed by atoms with Crippen LogP contribution in [0.3, 0.4) is 0 Å². The molecule has 18 heavy (non-hydrogen) atoms. The van der Waals surface area contributed by atoms with Gasteiger partial charge in [0.05, 0.1) is 5.56 Å². The van der Waals surface area contributed by atoms with Gasteiger partial charge < -0.3 is 15.8 Å². The molecule has 0 atom stereocenters. The van der Waals surface area contributed by atoms with E-state index in [1.54, 1.807) is 18.2 Å². The summed E-state index contributed by atoms with van der Waals surface area (Å²) in [5, 5.41) is 3.45. The summed E-state index contributed by atoms with van der Waals surface area (Å²) < 4.78 is 5.28. The van der Waals surface area contributed by atoms with Crippen molar-refractivity contribution in [1.82, 2.24) is 5.32 Å². The van der Waals surface area contributed by atoms with E-state index in [9.17, 15) is 4.79 Å². The minimum absolute atomic E-state index is 0.143. The van der Waals surface area contributed by atoms with Crippen LogP contribution in [0.1, 0.15) is 23.2 Å².